The van der Waals surface area contributed by atoms with Crippen molar-refractivity contribution >= 4 is 23.2 Å². The molecule has 0 aliphatic heterocycles. The third-order valence-electron chi connectivity index (χ3n) is 2.92. The molecule has 21 heavy (non-hydrogen) atoms. The number of carbonyl (C=O) groups is 1. The summed E-state index contributed by atoms with van der Waals surface area (Å²) in [5.41, 5.74) is 1.89. The molecular formula is C17H18ClNO2. The number of rotatable bonds is 7. The van der Waals surface area contributed by atoms with Gasteiger partial charge in [-0.3, -0.25) is 4.79 Å². The van der Waals surface area contributed by atoms with Crippen LogP contribution >= 0.6 is 11.6 Å². The first-order chi connectivity index (χ1) is 10.3. The van der Waals surface area contributed by atoms with E-state index in [2.05, 4.69) is 5.32 Å². The number of alkyl halides is 1. The second-order valence-electron chi connectivity index (χ2n) is 4.64. The summed E-state index contributed by atoms with van der Waals surface area (Å²) in [5, 5.41) is 2.82. The Morgan fingerprint density at radius 3 is 2.43 bits per heavy atom. The summed E-state index contributed by atoms with van der Waals surface area (Å²) < 4.78 is 5.69. The lowest BCUT2D eigenvalue weighted by Gasteiger charge is -2.08. The lowest BCUT2D eigenvalue weighted by Crippen LogP contribution is -2.11. The number of halogens is 1. The van der Waals surface area contributed by atoms with Crippen LogP contribution in [0.5, 0.6) is 5.75 Å². The van der Waals surface area contributed by atoms with Gasteiger partial charge in [-0.15, -0.1) is 11.6 Å². The standard InChI is InChI=1S/C17H18ClNO2/c18-12-4-7-17(20)19-15-8-10-16(11-9-15)21-13-14-5-2-1-3-6-14/h1-3,5-6,8-11H,4,7,12-13H2,(H,19,20). The minimum Gasteiger partial charge on any atom is -0.489 e. The van der Waals surface area contributed by atoms with E-state index in [1.165, 1.54) is 0 Å². The maximum Gasteiger partial charge on any atom is 0.224 e. The highest BCUT2D eigenvalue weighted by atomic mass is 35.5. The van der Waals surface area contributed by atoms with Gasteiger partial charge in [-0.25, -0.2) is 0 Å². The predicted molar refractivity (Wildman–Crippen MR) is 85.8 cm³/mol. The predicted octanol–water partition coefficient (Wildman–Crippen LogP) is 4.22. The van der Waals surface area contributed by atoms with E-state index in [4.69, 9.17) is 16.3 Å². The molecule has 4 heteroatoms. The number of hydrogen-bond acceptors (Lipinski definition) is 2. The summed E-state index contributed by atoms with van der Waals surface area (Å²) in [6.07, 6.45) is 1.13. The molecular weight excluding hydrogens is 286 g/mol. The van der Waals surface area contributed by atoms with Crippen LogP contribution in [0.2, 0.25) is 0 Å². The molecule has 0 fully saturated rings. The van der Waals surface area contributed by atoms with Gasteiger partial charge in [0, 0.05) is 18.0 Å². The molecule has 0 aliphatic carbocycles. The molecule has 0 bridgehead atoms. The summed E-state index contributed by atoms with van der Waals surface area (Å²) in [6, 6.07) is 17.3. The first-order valence-corrected chi connectivity index (χ1v) is 7.44. The van der Waals surface area contributed by atoms with E-state index < -0.39 is 0 Å². The van der Waals surface area contributed by atoms with Crippen LogP contribution in [-0.2, 0) is 11.4 Å². The summed E-state index contributed by atoms with van der Waals surface area (Å²) >= 11 is 5.56. The van der Waals surface area contributed by atoms with Crippen molar-refractivity contribution < 1.29 is 9.53 Å². The van der Waals surface area contributed by atoms with Crippen LogP contribution in [0.25, 0.3) is 0 Å². The topological polar surface area (TPSA) is 38.3 Å². The minimum absolute atomic E-state index is 0.0198. The second-order valence-corrected chi connectivity index (χ2v) is 5.02. The van der Waals surface area contributed by atoms with Gasteiger partial charge in [-0.05, 0) is 36.2 Å². The van der Waals surface area contributed by atoms with Gasteiger partial charge in [0.2, 0.25) is 5.91 Å². The molecule has 1 amide bonds. The number of nitrogens with one attached hydrogen (secondary N) is 1. The second kappa shape index (κ2) is 8.32. The first-order valence-electron chi connectivity index (χ1n) is 6.90. The van der Waals surface area contributed by atoms with Crippen molar-refractivity contribution in [1.29, 1.82) is 0 Å². The van der Waals surface area contributed by atoms with Crippen LogP contribution in [0.15, 0.2) is 54.6 Å². The van der Waals surface area contributed by atoms with Gasteiger partial charge in [-0.1, -0.05) is 30.3 Å². The summed E-state index contributed by atoms with van der Waals surface area (Å²) in [6.45, 7) is 0.530. The molecule has 2 aromatic carbocycles. The van der Waals surface area contributed by atoms with Crippen LogP contribution in [0.1, 0.15) is 18.4 Å². The maximum absolute atomic E-state index is 11.6. The van der Waals surface area contributed by atoms with E-state index in [9.17, 15) is 4.79 Å². The third kappa shape index (κ3) is 5.48. The average Bonchev–Trinajstić information content (AvgIpc) is 2.53. The van der Waals surface area contributed by atoms with Crippen molar-refractivity contribution in [2.24, 2.45) is 0 Å². The van der Waals surface area contributed by atoms with Crippen LogP contribution in [-0.4, -0.2) is 11.8 Å². The van der Waals surface area contributed by atoms with Crippen molar-refractivity contribution in [3.63, 3.8) is 0 Å². The molecule has 2 aromatic rings. The molecule has 2 rings (SSSR count). The van der Waals surface area contributed by atoms with Gasteiger partial charge in [0.25, 0.3) is 0 Å². The highest BCUT2D eigenvalue weighted by Crippen LogP contribution is 2.17. The number of ether oxygens (including phenoxy) is 1. The van der Waals surface area contributed by atoms with Gasteiger partial charge in [0.1, 0.15) is 12.4 Å². The average molecular weight is 304 g/mol. The van der Waals surface area contributed by atoms with Crippen molar-refractivity contribution in [1.82, 2.24) is 0 Å². The Labute approximate surface area is 129 Å². The Hall–Kier alpha value is -2.00. The molecule has 0 spiro atoms. The third-order valence-corrected chi connectivity index (χ3v) is 3.19. The largest absolute Gasteiger partial charge is 0.489 e. The fraction of sp³-hybridized carbons (Fsp3) is 0.235. The fourth-order valence-corrected chi connectivity index (χ4v) is 1.96. The molecule has 0 atom stereocenters. The molecule has 0 aromatic heterocycles. The smallest absolute Gasteiger partial charge is 0.224 e. The van der Waals surface area contributed by atoms with Crippen LogP contribution in [0.3, 0.4) is 0 Å². The molecule has 0 radical (unpaired) electrons. The Morgan fingerprint density at radius 2 is 1.76 bits per heavy atom. The van der Waals surface area contributed by atoms with Crippen molar-refractivity contribution in [2.45, 2.75) is 19.4 Å². The van der Waals surface area contributed by atoms with Crippen molar-refractivity contribution in [3.05, 3.63) is 60.2 Å². The molecule has 1 N–H and O–H groups in total. The zero-order valence-corrected chi connectivity index (χ0v) is 12.5. The first kappa shape index (κ1) is 15.4. The minimum atomic E-state index is -0.0198. The highest BCUT2D eigenvalue weighted by Gasteiger charge is 2.02. The highest BCUT2D eigenvalue weighted by molar-refractivity contribution is 6.18. The quantitative estimate of drug-likeness (QED) is 0.778. The summed E-state index contributed by atoms with van der Waals surface area (Å²) in [5.74, 6) is 1.26. The van der Waals surface area contributed by atoms with E-state index >= 15 is 0 Å². The Bertz CT molecular complexity index is 555. The van der Waals surface area contributed by atoms with Gasteiger partial charge < -0.3 is 10.1 Å². The van der Waals surface area contributed by atoms with Crippen LogP contribution in [0, 0.1) is 0 Å². The lowest BCUT2D eigenvalue weighted by molar-refractivity contribution is -0.116. The SMILES string of the molecule is O=C(CCCCl)Nc1ccc(OCc2ccccc2)cc1. The number of benzene rings is 2. The van der Waals surface area contributed by atoms with Gasteiger partial charge in [-0.2, -0.15) is 0 Å². The van der Waals surface area contributed by atoms with Crippen LogP contribution in [0.4, 0.5) is 5.69 Å². The monoisotopic (exact) mass is 303 g/mol. The van der Waals surface area contributed by atoms with Gasteiger partial charge in [0.15, 0.2) is 0 Å². The molecule has 0 aliphatic rings. The van der Waals surface area contributed by atoms with Gasteiger partial charge in [0.05, 0.1) is 0 Å². The molecule has 0 saturated carbocycles. The molecule has 0 heterocycles. The normalized spacial score (nSPS) is 10.1. The Kier molecular flexibility index (Phi) is 6.10. The Morgan fingerprint density at radius 1 is 1.05 bits per heavy atom. The van der Waals surface area contributed by atoms with E-state index in [0.29, 0.717) is 25.3 Å². The number of anilines is 1. The number of carbonyl (C=O) groups excluding carboxylic acids is 1. The zero-order chi connectivity index (χ0) is 14.9. The van der Waals surface area contributed by atoms with Crippen LogP contribution < -0.4 is 10.1 Å². The van der Waals surface area contributed by atoms with Crippen molar-refractivity contribution in [2.75, 3.05) is 11.2 Å². The number of amides is 1. The summed E-state index contributed by atoms with van der Waals surface area (Å²) in [4.78, 5) is 11.6. The van der Waals surface area contributed by atoms with Gasteiger partial charge >= 0.3 is 0 Å². The zero-order valence-electron chi connectivity index (χ0n) is 11.7. The maximum atomic E-state index is 11.6. The van der Waals surface area contributed by atoms with E-state index in [-0.39, 0.29) is 5.91 Å². The van der Waals surface area contributed by atoms with E-state index in [0.717, 1.165) is 17.0 Å². The molecule has 3 nitrogen and oxygen atoms in total. The lowest BCUT2D eigenvalue weighted by atomic mass is 10.2. The van der Waals surface area contributed by atoms with E-state index in [1.807, 2.05) is 54.6 Å². The molecule has 110 valence electrons. The van der Waals surface area contributed by atoms with Crippen molar-refractivity contribution in [3.8, 4) is 5.75 Å². The Balaban J connectivity index is 1.83. The molecule has 0 saturated heterocycles. The number of hydrogen-bond donors (Lipinski definition) is 1. The van der Waals surface area contributed by atoms with E-state index in [1.54, 1.807) is 0 Å². The summed E-state index contributed by atoms with van der Waals surface area (Å²) in [7, 11) is 0. The molecule has 0 unspecified atom stereocenters. The fourth-order valence-electron chi connectivity index (χ4n) is 1.83.